The van der Waals surface area contributed by atoms with Gasteiger partial charge in [-0.3, -0.25) is 4.79 Å². The van der Waals surface area contributed by atoms with Gasteiger partial charge < -0.3 is 10.3 Å². The number of hydrogen-bond acceptors (Lipinski definition) is 3. The third kappa shape index (κ3) is 1.87. The molecular weight excluding hydrogens is 247 g/mol. The van der Waals surface area contributed by atoms with E-state index < -0.39 is 5.82 Å². The van der Waals surface area contributed by atoms with Gasteiger partial charge in [0, 0.05) is 23.6 Å². The predicted molar refractivity (Wildman–Crippen MR) is 69.4 cm³/mol. The molecule has 2 aromatic heterocycles. The summed E-state index contributed by atoms with van der Waals surface area (Å²) >= 11 is 0. The van der Waals surface area contributed by atoms with E-state index in [2.05, 4.69) is 5.10 Å². The lowest BCUT2D eigenvalue weighted by atomic mass is 10.1. The van der Waals surface area contributed by atoms with Gasteiger partial charge in [0.2, 0.25) is 0 Å². The Kier molecular flexibility index (Phi) is 2.56. The number of nitrogens with zero attached hydrogens (tertiary/aromatic N) is 3. The van der Waals surface area contributed by atoms with E-state index in [9.17, 15) is 9.18 Å². The summed E-state index contributed by atoms with van der Waals surface area (Å²) in [6.07, 6.45) is 4.75. The molecule has 0 unspecified atom stereocenters. The second-order valence-electron chi connectivity index (χ2n) is 4.20. The molecule has 0 amide bonds. The maximum Gasteiger partial charge on any atom is 0.276 e. The molecule has 0 aliphatic carbocycles. The van der Waals surface area contributed by atoms with Crippen molar-refractivity contribution in [1.82, 2.24) is 14.2 Å². The normalized spacial score (nSPS) is 11.0. The Morgan fingerprint density at radius 2 is 2.11 bits per heavy atom. The number of fused-ring (bicyclic) bond motifs is 1. The standard InChI is InChI=1S/C13H11FN4O/c14-10-2-1-3-11(15)9(10)8-17-6-7-18-12(13(17)19)4-5-16-18/h1-7H,8,15H2. The van der Waals surface area contributed by atoms with E-state index in [-0.39, 0.29) is 12.1 Å². The molecule has 0 saturated carbocycles. The van der Waals surface area contributed by atoms with Crippen molar-refractivity contribution in [2.75, 3.05) is 5.73 Å². The van der Waals surface area contributed by atoms with Crippen LogP contribution in [-0.4, -0.2) is 14.2 Å². The molecule has 0 fully saturated rings. The fraction of sp³-hybridized carbons (Fsp3) is 0.0769. The molecule has 0 atom stereocenters. The molecule has 0 bridgehead atoms. The number of benzene rings is 1. The van der Waals surface area contributed by atoms with E-state index in [0.29, 0.717) is 16.8 Å². The summed E-state index contributed by atoms with van der Waals surface area (Å²) in [5.74, 6) is -0.416. The summed E-state index contributed by atoms with van der Waals surface area (Å²) < 4.78 is 16.6. The van der Waals surface area contributed by atoms with Crippen LogP contribution < -0.4 is 11.3 Å². The van der Waals surface area contributed by atoms with Crippen molar-refractivity contribution >= 4 is 11.2 Å². The number of nitrogens with two attached hydrogens (primary N) is 1. The van der Waals surface area contributed by atoms with Gasteiger partial charge in [-0.25, -0.2) is 8.91 Å². The second-order valence-corrected chi connectivity index (χ2v) is 4.20. The van der Waals surface area contributed by atoms with Crippen molar-refractivity contribution in [2.24, 2.45) is 0 Å². The van der Waals surface area contributed by atoms with Crippen LogP contribution in [0.5, 0.6) is 0 Å². The Morgan fingerprint density at radius 1 is 1.26 bits per heavy atom. The highest BCUT2D eigenvalue weighted by molar-refractivity contribution is 5.48. The van der Waals surface area contributed by atoms with E-state index in [1.165, 1.54) is 21.2 Å². The van der Waals surface area contributed by atoms with Gasteiger partial charge in [-0.2, -0.15) is 5.10 Å². The molecule has 5 nitrogen and oxygen atoms in total. The molecular formula is C13H11FN4O. The van der Waals surface area contributed by atoms with Crippen molar-refractivity contribution in [3.8, 4) is 0 Å². The number of rotatable bonds is 2. The molecule has 96 valence electrons. The average molecular weight is 258 g/mol. The molecule has 1 aromatic carbocycles. The van der Waals surface area contributed by atoms with Crippen molar-refractivity contribution < 1.29 is 4.39 Å². The summed E-state index contributed by atoms with van der Waals surface area (Å²) in [5, 5.41) is 3.97. The molecule has 0 saturated heterocycles. The van der Waals surface area contributed by atoms with Gasteiger partial charge in [0.15, 0.2) is 0 Å². The fourth-order valence-electron chi connectivity index (χ4n) is 2.00. The van der Waals surface area contributed by atoms with Crippen LogP contribution in [0.4, 0.5) is 10.1 Å². The van der Waals surface area contributed by atoms with Crippen LogP contribution in [0.15, 0.2) is 47.7 Å². The van der Waals surface area contributed by atoms with E-state index in [0.717, 1.165) is 0 Å². The largest absolute Gasteiger partial charge is 0.398 e. The summed E-state index contributed by atoms with van der Waals surface area (Å²) in [7, 11) is 0. The van der Waals surface area contributed by atoms with Crippen LogP contribution >= 0.6 is 0 Å². The van der Waals surface area contributed by atoms with Crippen molar-refractivity contribution in [3.05, 3.63) is 64.6 Å². The summed E-state index contributed by atoms with van der Waals surface area (Å²) in [5.41, 5.74) is 6.59. The first-order valence-corrected chi connectivity index (χ1v) is 5.72. The predicted octanol–water partition coefficient (Wildman–Crippen LogP) is 1.27. The van der Waals surface area contributed by atoms with E-state index in [1.54, 1.807) is 30.7 Å². The Balaban J connectivity index is 2.11. The summed E-state index contributed by atoms with van der Waals surface area (Å²) in [6, 6.07) is 6.09. The van der Waals surface area contributed by atoms with Gasteiger partial charge in [-0.1, -0.05) is 6.07 Å². The summed E-state index contributed by atoms with van der Waals surface area (Å²) in [6.45, 7) is 0.0962. The zero-order chi connectivity index (χ0) is 13.4. The Labute approximate surface area is 107 Å². The number of halogens is 1. The first-order chi connectivity index (χ1) is 9.16. The molecule has 2 heterocycles. The third-order valence-corrected chi connectivity index (χ3v) is 3.02. The number of aromatic nitrogens is 3. The first-order valence-electron chi connectivity index (χ1n) is 5.72. The maximum absolute atomic E-state index is 13.7. The Hall–Kier alpha value is -2.63. The van der Waals surface area contributed by atoms with Gasteiger partial charge in [0.1, 0.15) is 11.3 Å². The number of nitrogen functional groups attached to an aromatic ring is 1. The molecule has 0 aliphatic rings. The van der Waals surface area contributed by atoms with E-state index in [1.807, 2.05) is 0 Å². The zero-order valence-electron chi connectivity index (χ0n) is 9.95. The molecule has 6 heteroatoms. The fourth-order valence-corrected chi connectivity index (χ4v) is 2.00. The average Bonchev–Trinajstić information content (AvgIpc) is 2.85. The maximum atomic E-state index is 13.7. The van der Waals surface area contributed by atoms with Crippen LogP contribution in [0.1, 0.15) is 5.56 Å². The lowest BCUT2D eigenvalue weighted by Crippen LogP contribution is -2.22. The summed E-state index contributed by atoms with van der Waals surface area (Å²) in [4.78, 5) is 12.2. The molecule has 0 aliphatic heterocycles. The van der Waals surface area contributed by atoms with Crippen LogP contribution in [0.3, 0.4) is 0 Å². The van der Waals surface area contributed by atoms with Crippen LogP contribution in [0.25, 0.3) is 5.52 Å². The van der Waals surface area contributed by atoms with Gasteiger partial charge in [0.25, 0.3) is 5.56 Å². The lowest BCUT2D eigenvalue weighted by molar-refractivity contribution is 0.597. The minimum absolute atomic E-state index is 0.0962. The van der Waals surface area contributed by atoms with Crippen LogP contribution in [0.2, 0.25) is 0 Å². The highest BCUT2D eigenvalue weighted by Crippen LogP contribution is 2.16. The molecule has 3 rings (SSSR count). The Morgan fingerprint density at radius 3 is 2.89 bits per heavy atom. The number of anilines is 1. The molecule has 19 heavy (non-hydrogen) atoms. The highest BCUT2D eigenvalue weighted by Gasteiger charge is 2.09. The lowest BCUT2D eigenvalue weighted by Gasteiger charge is -2.09. The highest BCUT2D eigenvalue weighted by atomic mass is 19.1. The third-order valence-electron chi connectivity index (χ3n) is 3.02. The van der Waals surface area contributed by atoms with E-state index in [4.69, 9.17) is 5.73 Å². The minimum Gasteiger partial charge on any atom is -0.398 e. The monoisotopic (exact) mass is 258 g/mol. The van der Waals surface area contributed by atoms with E-state index >= 15 is 0 Å². The topological polar surface area (TPSA) is 65.3 Å². The van der Waals surface area contributed by atoms with Crippen molar-refractivity contribution in [3.63, 3.8) is 0 Å². The quantitative estimate of drug-likeness (QED) is 0.704. The first kappa shape index (κ1) is 11.5. The van der Waals surface area contributed by atoms with Gasteiger partial charge in [-0.15, -0.1) is 0 Å². The minimum atomic E-state index is -0.416. The number of hydrogen-bond donors (Lipinski definition) is 1. The molecule has 0 spiro atoms. The molecule has 2 N–H and O–H groups in total. The van der Waals surface area contributed by atoms with Crippen molar-refractivity contribution in [1.29, 1.82) is 0 Å². The van der Waals surface area contributed by atoms with Crippen molar-refractivity contribution in [2.45, 2.75) is 6.54 Å². The smallest absolute Gasteiger partial charge is 0.276 e. The molecule has 0 radical (unpaired) electrons. The van der Waals surface area contributed by atoms with Gasteiger partial charge in [0.05, 0.1) is 12.7 Å². The molecule has 3 aromatic rings. The van der Waals surface area contributed by atoms with Gasteiger partial charge >= 0.3 is 0 Å². The van der Waals surface area contributed by atoms with Crippen LogP contribution in [-0.2, 0) is 6.54 Å². The zero-order valence-corrected chi connectivity index (χ0v) is 9.95. The SMILES string of the molecule is Nc1cccc(F)c1Cn1ccn2nccc2c1=O. The van der Waals surface area contributed by atoms with Gasteiger partial charge in [-0.05, 0) is 18.2 Å². The Bertz CT molecular complexity index is 786. The second kappa shape index (κ2) is 4.24. The van der Waals surface area contributed by atoms with Crippen LogP contribution in [0, 0.1) is 5.82 Å².